The predicted octanol–water partition coefficient (Wildman–Crippen LogP) is 1.69. The van der Waals surface area contributed by atoms with Gasteiger partial charge in [0.05, 0.1) is 17.2 Å². The first-order valence-corrected chi connectivity index (χ1v) is 7.95. The topological polar surface area (TPSA) is 64.0 Å². The summed E-state index contributed by atoms with van der Waals surface area (Å²) in [4.78, 5) is 0. The van der Waals surface area contributed by atoms with Crippen LogP contribution in [0.3, 0.4) is 0 Å². The van der Waals surface area contributed by atoms with Crippen LogP contribution in [0.1, 0.15) is 0 Å². The third-order valence-corrected chi connectivity index (χ3v) is 5.26. The molecule has 0 aromatic carbocycles. The van der Waals surface area contributed by atoms with Gasteiger partial charge >= 0.3 is 0 Å². The van der Waals surface area contributed by atoms with E-state index in [-0.39, 0.29) is 0 Å². The Morgan fingerprint density at radius 3 is 2.94 bits per heavy atom. The number of hydrogen-bond donors (Lipinski definition) is 1. The molecule has 8 heteroatoms. The molecule has 0 atom stereocenters. The van der Waals surface area contributed by atoms with Crippen molar-refractivity contribution in [3.63, 3.8) is 0 Å². The summed E-state index contributed by atoms with van der Waals surface area (Å²) < 4.78 is 28.9. The van der Waals surface area contributed by atoms with E-state index in [1.807, 2.05) is 0 Å². The van der Waals surface area contributed by atoms with Crippen molar-refractivity contribution in [3.8, 4) is 0 Å². The minimum atomic E-state index is -3.36. The molecule has 92 valence electrons. The second-order valence-electron chi connectivity index (χ2n) is 3.25. The highest BCUT2D eigenvalue weighted by molar-refractivity contribution is 9.10. The van der Waals surface area contributed by atoms with Crippen molar-refractivity contribution in [1.29, 1.82) is 0 Å². The number of thiophene rings is 1. The van der Waals surface area contributed by atoms with Gasteiger partial charge in [0.1, 0.15) is 4.21 Å². The molecule has 0 saturated carbocycles. The minimum Gasteiger partial charge on any atom is -0.270 e. The van der Waals surface area contributed by atoms with Gasteiger partial charge in [0.2, 0.25) is 10.0 Å². The summed E-state index contributed by atoms with van der Waals surface area (Å²) in [6, 6.07) is 3.29. The van der Waals surface area contributed by atoms with Crippen LogP contribution in [0, 0.1) is 0 Å². The van der Waals surface area contributed by atoms with Crippen molar-refractivity contribution in [2.24, 2.45) is 0 Å². The fourth-order valence-electron chi connectivity index (χ4n) is 1.24. The third kappa shape index (κ3) is 3.38. The minimum absolute atomic E-state index is 0.314. The lowest BCUT2D eigenvalue weighted by Crippen LogP contribution is -2.26. The summed E-state index contributed by atoms with van der Waals surface area (Å²) >= 11 is 4.47. The molecule has 0 amide bonds. The molecule has 2 rings (SSSR count). The van der Waals surface area contributed by atoms with Crippen LogP contribution in [0.25, 0.3) is 0 Å². The molecule has 1 N–H and O–H groups in total. The molecule has 2 aromatic heterocycles. The van der Waals surface area contributed by atoms with Crippen molar-refractivity contribution in [1.82, 2.24) is 14.5 Å². The van der Waals surface area contributed by atoms with Gasteiger partial charge in [0, 0.05) is 12.7 Å². The summed E-state index contributed by atoms with van der Waals surface area (Å²) in [7, 11) is -3.36. The first-order chi connectivity index (χ1) is 8.08. The van der Waals surface area contributed by atoms with Gasteiger partial charge in [0.15, 0.2) is 0 Å². The first kappa shape index (κ1) is 12.7. The lowest BCUT2D eigenvalue weighted by Gasteiger charge is -2.04. The van der Waals surface area contributed by atoms with E-state index in [1.54, 1.807) is 34.6 Å². The van der Waals surface area contributed by atoms with Crippen molar-refractivity contribution >= 4 is 37.3 Å². The molecule has 0 aliphatic carbocycles. The lowest BCUT2D eigenvalue weighted by molar-refractivity contribution is 0.562. The van der Waals surface area contributed by atoms with Gasteiger partial charge in [-0.15, -0.1) is 11.3 Å². The Bertz CT molecular complexity index is 577. The molecule has 0 spiro atoms. The zero-order valence-corrected chi connectivity index (χ0v) is 11.9. The quantitative estimate of drug-likeness (QED) is 0.904. The van der Waals surface area contributed by atoms with Crippen molar-refractivity contribution in [2.75, 3.05) is 6.54 Å². The normalized spacial score (nSPS) is 11.8. The van der Waals surface area contributed by atoms with Gasteiger partial charge in [0.25, 0.3) is 0 Å². The second kappa shape index (κ2) is 5.30. The Morgan fingerprint density at radius 1 is 1.53 bits per heavy atom. The van der Waals surface area contributed by atoms with Crippen LogP contribution >= 0.6 is 27.3 Å². The SMILES string of the molecule is O=S(=O)(NCCn1cc(Br)cn1)c1cccs1. The molecule has 17 heavy (non-hydrogen) atoms. The van der Waals surface area contributed by atoms with Gasteiger partial charge in [-0.2, -0.15) is 5.10 Å². The maximum absolute atomic E-state index is 11.7. The lowest BCUT2D eigenvalue weighted by atomic mass is 10.6. The molecular formula is C9H10BrN3O2S2. The van der Waals surface area contributed by atoms with Gasteiger partial charge in [-0.05, 0) is 27.4 Å². The molecule has 5 nitrogen and oxygen atoms in total. The van der Waals surface area contributed by atoms with E-state index in [2.05, 4.69) is 25.8 Å². The van der Waals surface area contributed by atoms with Crippen LogP contribution in [-0.2, 0) is 16.6 Å². The highest BCUT2D eigenvalue weighted by Gasteiger charge is 2.13. The van der Waals surface area contributed by atoms with Crippen molar-refractivity contribution in [3.05, 3.63) is 34.4 Å². The standard InChI is InChI=1S/C9H10BrN3O2S2/c10-8-6-11-13(7-8)4-3-12-17(14,15)9-2-1-5-16-9/h1-2,5-7,12H,3-4H2. The van der Waals surface area contributed by atoms with Crippen molar-refractivity contribution in [2.45, 2.75) is 10.8 Å². The van der Waals surface area contributed by atoms with Crippen LogP contribution in [-0.4, -0.2) is 24.7 Å². The highest BCUT2D eigenvalue weighted by atomic mass is 79.9. The molecule has 0 aliphatic rings. The smallest absolute Gasteiger partial charge is 0.250 e. The number of nitrogens with one attached hydrogen (secondary N) is 1. The Morgan fingerprint density at radius 2 is 2.35 bits per heavy atom. The summed E-state index contributed by atoms with van der Waals surface area (Å²) in [5.74, 6) is 0. The summed E-state index contributed by atoms with van der Waals surface area (Å²) in [6.45, 7) is 0.810. The predicted molar refractivity (Wildman–Crippen MR) is 69.4 cm³/mol. The number of hydrogen-bond acceptors (Lipinski definition) is 4. The van der Waals surface area contributed by atoms with Crippen LogP contribution in [0.15, 0.2) is 38.6 Å². The Hall–Kier alpha value is -0.700. The molecule has 0 unspecified atom stereocenters. The van der Waals surface area contributed by atoms with Gasteiger partial charge in [-0.3, -0.25) is 4.68 Å². The van der Waals surface area contributed by atoms with Crippen LogP contribution in [0.2, 0.25) is 0 Å². The summed E-state index contributed by atoms with van der Waals surface area (Å²) in [5.41, 5.74) is 0. The molecule has 2 aromatic rings. The fraction of sp³-hybridized carbons (Fsp3) is 0.222. The van der Waals surface area contributed by atoms with Crippen molar-refractivity contribution < 1.29 is 8.42 Å². The average molecular weight is 336 g/mol. The van der Waals surface area contributed by atoms with Gasteiger partial charge in [-0.25, -0.2) is 13.1 Å². The number of nitrogens with zero attached hydrogens (tertiary/aromatic N) is 2. The molecule has 2 heterocycles. The number of halogens is 1. The molecule has 0 fully saturated rings. The zero-order chi connectivity index (χ0) is 12.3. The monoisotopic (exact) mass is 335 g/mol. The molecule has 0 saturated heterocycles. The maximum atomic E-state index is 11.7. The Kier molecular flexibility index (Phi) is 3.97. The van der Waals surface area contributed by atoms with E-state index >= 15 is 0 Å². The maximum Gasteiger partial charge on any atom is 0.250 e. The van der Waals surface area contributed by atoms with E-state index < -0.39 is 10.0 Å². The van der Waals surface area contributed by atoms with E-state index in [4.69, 9.17) is 0 Å². The van der Waals surface area contributed by atoms with E-state index in [0.29, 0.717) is 17.3 Å². The van der Waals surface area contributed by atoms with Gasteiger partial charge < -0.3 is 0 Å². The number of aromatic nitrogens is 2. The Labute approximate surface area is 112 Å². The largest absolute Gasteiger partial charge is 0.270 e. The third-order valence-electron chi connectivity index (χ3n) is 1.99. The second-order valence-corrected chi connectivity index (χ2v) is 7.11. The molecule has 0 aliphatic heterocycles. The van der Waals surface area contributed by atoms with E-state index in [9.17, 15) is 8.42 Å². The Balaban J connectivity index is 1.91. The molecule has 0 bridgehead atoms. The van der Waals surface area contributed by atoms with Crippen LogP contribution in [0.4, 0.5) is 0 Å². The van der Waals surface area contributed by atoms with Gasteiger partial charge in [-0.1, -0.05) is 6.07 Å². The summed E-state index contributed by atoms with van der Waals surface area (Å²) in [6.07, 6.45) is 3.45. The zero-order valence-electron chi connectivity index (χ0n) is 8.71. The van der Waals surface area contributed by atoms with Crippen LogP contribution < -0.4 is 4.72 Å². The highest BCUT2D eigenvalue weighted by Crippen LogP contribution is 2.14. The molecule has 0 radical (unpaired) electrons. The average Bonchev–Trinajstić information content (AvgIpc) is 2.89. The number of rotatable bonds is 5. The van der Waals surface area contributed by atoms with E-state index in [1.165, 1.54) is 11.3 Å². The fourth-order valence-corrected chi connectivity index (χ4v) is 3.63. The summed E-state index contributed by atoms with van der Waals surface area (Å²) in [5, 5.41) is 5.77. The molecular weight excluding hydrogens is 326 g/mol. The first-order valence-electron chi connectivity index (χ1n) is 4.79. The number of sulfonamides is 1. The van der Waals surface area contributed by atoms with E-state index in [0.717, 1.165) is 4.47 Å². The van der Waals surface area contributed by atoms with Crippen LogP contribution in [0.5, 0.6) is 0 Å².